The number of methoxy groups -OCH3 is 1. The molecule has 1 aromatic heterocycles. The summed E-state index contributed by atoms with van der Waals surface area (Å²) in [6.45, 7) is 0.269. The molecule has 0 saturated carbocycles. The molecule has 8 heteroatoms. The van der Waals surface area contributed by atoms with E-state index >= 15 is 0 Å². The van der Waals surface area contributed by atoms with Crippen molar-refractivity contribution in [2.24, 2.45) is 0 Å². The molecule has 7 nitrogen and oxygen atoms in total. The van der Waals surface area contributed by atoms with Crippen molar-refractivity contribution in [2.45, 2.75) is 18.0 Å². The molecule has 0 aliphatic heterocycles. The SMILES string of the molecule is COc1ccc(CN(Cc2ccccc2)S(=O)(=O)c2ccc(C(=O)O)cc2)cn1. The summed E-state index contributed by atoms with van der Waals surface area (Å²) in [4.78, 5) is 15.2. The van der Waals surface area contributed by atoms with Crippen LogP contribution in [0.5, 0.6) is 5.88 Å². The Balaban J connectivity index is 1.94. The lowest BCUT2D eigenvalue weighted by Crippen LogP contribution is -2.30. The van der Waals surface area contributed by atoms with Gasteiger partial charge in [0.2, 0.25) is 15.9 Å². The third kappa shape index (κ3) is 4.98. The number of hydrogen-bond donors (Lipinski definition) is 1. The Morgan fingerprint density at radius 1 is 0.966 bits per heavy atom. The standard InChI is InChI=1S/C21H20N2O5S/c1-28-20-12-7-17(13-22-20)15-23(14-16-5-3-2-4-6-16)29(26,27)19-10-8-18(9-11-19)21(24)25/h2-13H,14-15H2,1H3,(H,24,25). The van der Waals surface area contributed by atoms with Crippen LogP contribution < -0.4 is 4.74 Å². The van der Waals surface area contributed by atoms with Crippen molar-refractivity contribution in [1.82, 2.24) is 9.29 Å². The first-order chi connectivity index (χ1) is 13.9. The lowest BCUT2D eigenvalue weighted by molar-refractivity contribution is 0.0696. The fourth-order valence-electron chi connectivity index (χ4n) is 2.76. The van der Waals surface area contributed by atoms with Crippen molar-refractivity contribution in [3.05, 3.63) is 89.6 Å². The van der Waals surface area contributed by atoms with Crippen LogP contribution in [0.1, 0.15) is 21.5 Å². The highest BCUT2D eigenvalue weighted by molar-refractivity contribution is 7.89. The second-order valence-electron chi connectivity index (χ2n) is 6.30. The summed E-state index contributed by atoms with van der Waals surface area (Å²) in [5.41, 5.74) is 1.56. The van der Waals surface area contributed by atoms with Gasteiger partial charge in [0.25, 0.3) is 0 Å². The Morgan fingerprint density at radius 2 is 1.62 bits per heavy atom. The van der Waals surface area contributed by atoms with Gasteiger partial charge >= 0.3 is 5.97 Å². The van der Waals surface area contributed by atoms with E-state index in [-0.39, 0.29) is 23.5 Å². The highest BCUT2D eigenvalue weighted by Gasteiger charge is 2.25. The lowest BCUT2D eigenvalue weighted by atomic mass is 10.2. The van der Waals surface area contributed by atoms with Gasteiger partial charge in [-0.1, -0.05) is 36.4 Å². The number of rotatable bonds is 8. The van der Waals surface area contributed by atoms with E-state index in [4.69, 9.17) is 9.84 Å². The van der Waals surface area contributed by atoms with Crippen LogP contribution in [0, 0.1) is 0 Å². The van der Waals surface area contributed by atoms with E-state index in [2.05, 4.69) is 4.98 Å². The van der Waals surface area contributed by atoms with Gasteiger partial charge in [-0.2, -0.15) is 4.31 Å². The molecule has 0 aliphatic carbocycles. The summed E-state index contributed by atoms with van der Waals surface area (Å²) in [5.74, 6) is -0.671. The normalized spacial score (nSPS) is 11.4. The molecular formula is C21H20N2O5S. The van der Waals surface area contributed by atoms with E-state index in [1.807, 2.05) is 30.3 Å². The molecule has 1 heterocycles. The summed E-state index contributed by atoms with van der Waals surface area (Å²) >= 11 is 0. The van der Waals surface area contributed by atoms with Crippen LogP contribution in [-0.4, -0.2) is 35.9 Å². The van der Waals surface area contributed by atoms with Crippen molar-refractivity contribution >= 4 is 16.0 Å². The minimum Gasteiger partial charge on any atom is -0.481 e. The molecule has 0 amide bonds. The topological polar surface area (TPSA) is 96.8 Å². The van der Waals surface area contributed by atoms with E-state index < -0.39 is 16.0 Å². The molecule has 0 saturated heterocycles. The maximum atomic E-state index is 13.3. The summed E-state index contributed by atoms with van der Waals surface area (Å²) in [6.07, 6.45) is 1.57. The van der Waals surface area contributed by atoms with Crippen molar-refractivity contribution in [3.63, 3.8) is 0 Å². The van der Waals surface area contributed by atoms with Gasteiger partial charge in [0.05, 0.1) is 17.6 Å². The van der Waals surface area contributed by atoms with Crippen molar-refractivity contribution in [2.75, 3.05) is 7.11 Å². The van der Waals surface area contributed by atoms with E-state index in [1.54, 1.807) is 18.3 Å². The lowest BCUT2D eigenvalue weighted by Gasteiger charge is -2.22. The van der Waals surface area contributed by atoms with Gasteiger partial charge in [-0.15, -0.1) is 0 Å². The highest BCUT2D eigenvalue weighted by atomic mass is 32.2. The number of aromatic nitrogens is 1. The number of pyridine rings is 1. The van der Waals surface area contributed by atoms with Crippen LogP contribution in [0.2, 0.25) is 0 Å². The predicted octanol–water partition coefficient (Wildman–Crippen LogP) is 3.18. The van der Waals surface area contributed by atoms with Crippen molar-refractivity contribution < 1.29 is 23.1 Å². The molecule has 1 N–H and O–H groups in total. The number of nitrogens with zero attached hydrogens (tertiary/aromatic N) is 2. The van der Waals surface area contributed by atoms with Crippen LogP contribution in [0.25, 0.3) is 0 Å². The number of benzene rings is 2. The van der Waals surface area contributed by atoms with Crippen LogP contribution in [-0.2, 0) is 23.1 Å². The number of sulfonamides is 1. The van der Waals surface area contributed by atoms with Crippen LogP contribution >= 0.6 is 0 Å². The predicted molar refractivity (Wildman–Crippen MR) is 107 cm³/mol. The van der Waals surface area contributed by atoms with Gasteiger partial charge in [0.1, 0.15) is 0 Å². The number of carbonyl (C=O) groups is 1. The minimum absolute atomic E-state index is 0.0258. The summed E-state index contributed by atoms with van der Waals surface area (Å²) in [5, 5.41) is 9.04. The summed E-state index contributed by atoms with van der Waals surface area (Å²) in [6, 6.07) is 17.9. The molecule has 0 radical (unpaired) electrons. The first kappa shape index (κ1) is 20.5. The molecule has 0 atom stereocenters. The molecule has 29 heavy (non-hydrogen) atoms. The molecule has 0 fully saturated rings. The zero-order valence-electron chi connectivity index (χ0n) is 15.7. The Hall–Kier alpha value is -3.23. The van der Waals surface area contributed by atoms with Gasteiger partial charge in [0, 0.05) is 25.4 Å². The summed E-state index contributed by atoms with van der Waals surface area (Å²) in [7, 11) is -2.37. The number of carboxylic acid groups (broad SMARTS) is 1. The Labute approximate surface area is 169 Å². The van der Waals surface area contributed by atoms with Crippen LogP contribution in [0.3, 0.4) is 0 Å². The van der Waals surface area contributed by atoms with Gasteiger partial charge in [-0.3, -0.25) is 0 Å². The first-order valence-electron chi connectivity index (χ1n) is 8.76. The minimum atomic E-state index is -3.87. The molecule has 0 unspecified atom stereocenters. The first-order valence-corrected chi connectivity index (χ1v) is 10.2. The summed E-state index contributed by atoms with van der Waals surface area (Å²) < 4.78 is 32.9. The number of ether oxygens (including phenoxy) is 1. The zero-order valence-corrected chi connectivity index (χ0v) is 16.5. The van der Waals surface area contributed by atoms with Gasteiger partial charge in [0.15, 0.2) is 0 Å². The number of aromatic carboxylic acids is 1. The Morgan fingerprint density at radius 3 is 2.17 bits per heavy atom. The molecule has 3 rings (SSSR count). The fourth-order valence-corrected chi connectivity index (χ4v) is 4.18. The van der Waals surface area contributed by atoms with E-state index in [0.29, 0.717) is 11.4 Å². The van der Waals surface area contributed by atoms with Gasteiger partial charge in [-0.05, 0) is 35.4 Å². The van der Waals surface area contributed by atoms with E-state index in [0.717, 1.165) is 5.56 Å². The second kappa shape index (κ2) is 8.85. The molecule has 2 aromatic carbocycles. The molecular weight excluding hydrogens is 392 g/mol. The molecule has 0 bridgehead atoms. The average molecular weight is 412 g/mol. The fraction of sp³-hybridized carbons (Fsp3) is 0.143. The maximum absolute atomic E-state index is 13.3. The van der Waals surface area contributed by atoms with Gasteiger partial charge < -0.3 is 9.84 Å². The molecule has 3 aromatic rings. The van der Waals surface area contributed by atoms with E-state index in [9.17, 15) is 13.2 Å². The maximum Gasteiger partial charge on any atom is 0.335 e. The third-order valence-electron chi connectivity index (χ3n) is 4.31. The van der Waals surface area contributed by atoms with Crippen LogP contribution in [0.4, 0.5) is 0 Å². The molecule has 0 aliphatic rings. The van der Waals surface area contributed by atoms with Crippen molar-refractivity contribution in [1.29, 1.82) is 0 Å². The number of carboxylic acids is 1. The third-order valence-corrected chi connectivity index (χ3v) is 6.11. The quantitative estimate of drug-likeness (QED) is 0.610. The zero-order chi connectivity index (χ0) is 20.9. The largest absolute Gasteiger partial charge is 0.481 e. The monoisotopic (exact) mass is 412 g/mol. The Kier molecular flexibility index (Phi) is 6.26. The average Bonchev–Trinajstić information content (AvgIpc) is 2.74. The molecule has 0 spiro atoms. The second-order valence-corrected chi connectivity index (χ2v) is 8.23. The van der Waals surface area contributed by atoms with Crippen molar-refractivity contribution in [3.8, 4) is 5.88 Å². The highest BCUT2D eigenvalue weighted by Crippen LogP contribution is 2.22. The van der Waals surface area contributed by atoms with E-state index in [1.165, 1.54) is 35.7 Å². The smallest absolute Gasteiger partial charge is 0.335 e. The number of hydrogen-bond acceptors (Lipinski definition) is 5. The molecule has 150 valence electrons. The Bertz CT molecular complexity index is 1070. The van der Waals surface area contributed by atoms with Crippen LogP contribution in [0.15, 0.2) is 77.8 Å². The van der Waals surface area contributed by atoms with Gasteiger partial charge in [-0.25, -0.2) is 18.2 Å².